The van der Waals surface area contributed by atoms with Gasteiger partial charge in [0, 0.05) is 19.5 Å². The fourth-order valence-electron chi connectivity index (χ4n) is 1.59. The van der Waals surface area contributed by atoms with Crippen LogP contribution >= 0.6 is 12.6 Å². The summed E-state index contributed by atoms with van der Waals surface area (Å²) in [7, 11) is 0. The van der Waals surface area contributed by atoms with Gasteiger partial charge in [-0.2, -0.15) is 12.6 Å². The van der Waals surface area contributed by atoms with Crippen molar-refractivity contribution in [3.05, 3.63) is 25.3 Å². The molecule has 0 aromatic rings. The second-order valence-electron chi connectivity index (χ2n) is 4.21. The molecule has 0 aromatic carbocycles. The molecule has 2 nitrogen and oxygen atoms in total. The summed E-state index contributed by atoms with van der Waals surface area (Å²) in [6.07, 6.45) is 6.40. The number of rotatable bonds is 7. The molecule has 0 saturated heterocycles. The van der Waals surface area contributed by atoms with Gasteiger partial charge in [-0.05, 0) is 24.0 Å². The minimum Gasteiger partial charge on any atom is -0.335 e. The first kappa shape index (κ1) is 12.4. The van der Waals surface area contributed by atoms with Gasteiger partial charge in [-0.3, -0.25) is 4.79 Å². The third kappa shape index (κ3) is 3.42. The molecule has 0 N–H and O–H groups in total. The van der Waals surface area contributed by atoms with E-state index in [2.05, 4.69) is 25.8 Å². The summed E-state index contributed by atoms with van der Waals surface area (Å²) in [5.41, 5.74) is 0.195. The molecule has 1 aliphatic rings. The predicted molar refractivity (Wildman–Crippen MR) is 67.1 cm³/mol. The summed E-state index contributed by atoms with van der Waals surface area (Å²) in [6.45, 7) is 8.52. The van der Waals surface area contributed by atoms with Crippen molar-refractivity contribution in [3.63, 3.8) is 0 Å². The number of carbonyl (C=O) groups is 1. The van der Waals surface area contributed by atoms with Crippen LogP contribution in [0.4, 0.5) is 0 Å². The fraction of sp³-hybridized carbons (Fsp3) is 0.583. The Morgan fingerprint density at radius 2 is 1.87 bits per heavy atom. The van der Waals surface area contributed by atoms with Gasteiger partial charge in [0.25, 0.3) is 0 Å². The summed E-state index contributed by atoms with van der Waals surface area (Å²) >= 11 is 4.30. The van der Waals surface area contributed by atoms with Crippen LogP contribution in [-0.4, -0.2) is 29.6 Å². The molecule has 1 rings (SSSR count). The minimum absolute atomic E-state index is 0.195. The smallest absolute Gasteiger partial charge is 0.223 e. The highest BCUT2D eigenvalue weighted by Crippen LogP contribution is 2.49. The van der Waals surface area contributed by atoms with E-state index in [9.17, 15) is 4.79 Å². The van der Waals surface area contributed by atoms with Gasteiger partial charge in [0.2, 0.25) is 5.91 Å². The standard InChI is InChI=1S/C12H19NOS/c1-3-7-13(8-4-2)11(14)9-12(10-15)5-6-12/h3-4,15H,1-2,5-10H2. The summed E-state index contributed by atoms with van der Waals surface area (Å²) in [5, 5.41) is 0. The normalized spacial score (nSPS) is 16.9. The largest absolute Gasteiger partial charge is 0.335 e. The van der Waals surface area contributed by atoms with Gasteiger partial charge in [-0.15, -0.1) is 13.2 Å². The quantitative estimate of drug-likeness (QED) is 0.520. The number of nitrogens with zero attached hydrogens (tertiary/aromatic N) is 1. The molecule has 0 unspecified atom stereocenters. The molecular formula is C12H19NOS. The SMILES string of the molecule is C=CCN(CC=C)C(=O)CC1(CS)CC1. The Hall–Kier alpha value is -0.700. The van der Waals surface area contributed by atoms with Crippen LogP contribution in [0.15, 0.2) is 25.3 Å². The Balaban J connectivity index is 2.48. The predicted octanol–water partition coefficient (Wildman–Crippen LogP) is 2.29. The molecule has 0 aromatic heterocycles. The Morgan fingerprint density at radius 3 is 2.20 bits per heavy atom. The van der Waals surface area contributed by atoms with Crippen molar-refractivity contribution in [1.29, 1.82) is 0 Å². The first-order valence-electron chi connectivity index (χ1n) is 5.28. The van der Waals surface area contributed by atoms with Crippen LogP contribution in [0.2, 0.25) is 0 Å². The van der Waals surface area contributed by atoms with Gasteiger partial charge in [-0.1, -0.05) is 12.2 Å². The molecule has 0 bridgehead atoms. The van der Waals surface area contributed by atoms with E-state index >= 15 is 0 Å². The average molecular weight is 225 g/mol. The van der Waals surface area contributed by atoms with Crippen LogP contribution in [0.5, 0.6) is 0 Å². The molecule has 1 saturated carbocycles. The third-order valence-corrected chi connectivity index (χ3v) is 3.54. The van der Waals surface area contributed by atoms with Gasteiger partial charge >= 0.3 is 0 Å². The molecule has 84 valence electrons. The summed E-state index contributed by atoms with van der Waals surface area (Å²) in [4.78, 5) is 13.7. The van der Waals surface area contributed by atoms with E-state index < -0.39 is 0 Å². The number of thiol groups is 1. The van der Waals surface area contributed by atoms with Crippen LogP contribution in [-0.2, 0) is 4.79 Å². The molecule has 0 aliphatic heterocycles. The molecule has 0 heterocycles. The zero-order chi connectivity index (χ0) is 11.3. The lowest BCUT2D eigenvalue weighted by Gasteiger charge is -2.22. The van der Waals surface area contributed by atoms with Crippen molar-refractivity contribution >= 4 is 18.5 Å². The highest BCUT2D eigenvalue weighted by molar-refractivity contribution is 7.80. The maximum Gasteiger partial charge on any atom is 0.223 e. The first-order valence-corrected chi connectivity index (χ1v) is 5.91. The summed E-state index contributed by atoms with van der Waals surface area (Å²) in [5.74, 6) is 1.01. The van der Waals surface area contributed by atoms with E-state index in [0.29, 0.717) is 19.5 Å². The number of hydrogen-bond acceptors (Lipinski definition) is 2. The maximum absolute atomic E-state index is 11.9. The van der Waals surface area contributed by atoms with Crippen molar-refractivity contribution < 1.29 is 4.79 Å². The number of amides is 1. The summed E-state index contributed by atoms with van der Waals surface area (Å²) in [6, 6.07) is 0. The molecule has 1 amide bonds. The zero-order valence-electron chi connectivity index (χ0n) is 9.11. The highest BCUT2D eigenvalue weighted by atomic mass is 32.1. The Kier molecular flexibility index (Phi) is 4.45. The van der Waals surface area contributed by atoms with E-state index in [4.69, 9.17) is 0 Å². The lowest BCUT2D eigenvalue weighted by atomic mass is 10.0. The molecule has 0 spiro atoms. The van der Waals surface area contributed by atoms with Crippen molar-refractivity contribution in [2.45, 2.75) is 19.3 Å². The van der Waals surface area contributed by atoms with Crippen LogP contribution in [0.1, 0.15) is 19.3 Å². The maximum atomic E-state index is 11.9. The lowest BCUT2D eigenvalue weighted by molar-refractivity contribution is -0.131. The Morgan fingerprint density at radius 1 is 1.33 bits per heavy atom. The van der Waals surface area contributed by atoms with E-state index in [1.54, 1.807) is 17.1 Å². The zero-order valence-corrected chi connectivity index (χ0v) is 10.0. The average Bonchev–Trinajstić information content (AvgIpc) is 2.98. The van der Waals surface area contributed by atoms with Crippen molar-refractivity contribution in [3.8, 4) is 0 Å². The van der Waals surface area contributed by atoms with Crippen molar-refractivity contribution in [2.75, 3.05) is 18.8 Å². The van der Waals surface area contributed by atoms with E-state index in [0.717, 1.165) is 18.6 Å². The molecule has 3 heteroatoms. The van der Waals surface area contributed by atoms with E-state index in [-0.39, 0.29) is 11.3 Å². The first-order chi connectivity index (χ1) is 7.17. The van der Waals surface area contributed by atoms with Crippen molar-refractivity contribution in [1.82, 2.24) is 4.90 Å². The van der Waals surface area contributed by atoms with Gasteiger partial charge in [0.1, 0.15) is 0 Å². The molecular weight excluding hydrogens is 206 g/mol. The van der Waals surface area contributed by atoms with Gasteiger partial charge in [0.05, 0.1) is 0 Å². The molecule has 1 fully saturated rings. The monoisotopic (exact) mass is 225 g/mol. The molecule has 0 radical (unpaired) electrons. The molecule has 0 atom stereocenters. The van der Waals surface area contributed by atoms with E-state index in [1.165, 1.54) is 0 Å². The fourth-order valence-corrected chi connectivity index (χ4v) is 2.02. The second-order valence-corrected chi connectivity index (χ2v) is 4.53. The number of carbonyl (C=O) groups excluding carboxylic acids is 1. The van der Waals surface area contributed by atoms with Crippen LogP contribution in [0.25, 0.3) is 0 Å². The third-order valence-electron chi connectivity index (χ3n) is 2.87. The highest BCUT2D eigenvalue weighted by Gasteiger charge is 2.43. The van der Waals surface area contributed by atoms with Crippen LogP contribution in [0.3, 0.4) is 0 Å². The summed E-state index contributed by atoms with van der Waals surface area (Å²) < 4.78 is 0. The van der Waals surface area contributed by atoms with Crippen LogP contribution < -0.4 is 0 Å². The second kappa shape index (κ2) is 5.40. The van der Waals surface area contributed by atoms with Crippen molar-refractivity contribution in [2.24, 2.45) is 5.41 Å². The number of hydrogen-bond donors (Lipinski definition) is 1. The Bertz CT molecular complexity index is 248. The minimum atomic E-state index is 0.195. The van der Waals surface area contributed by atoms with Gasteiger partial charge in [-0.25, -0.2) is 0 Å². The molecule has 15 heavy (non-hydrogen) atoms. The topological polar surface area (TPSA) is 20.3 Å². The van der Waals surface area contributed by atoms with E-state index in [1.807, 2.05) is 0 Å². The van der Waals surface area contributed by atoms with Gasteiger partial charge in [0.15, 0.2) is 0 Å². The van der Waals surface area contributed by atoms with Gasteiger partial charge < -0.3 is 4.90 Å². The molecule has 1 aliphatic carbocycles. The van der Waals surface area contributed by atoms with Crippen LogP contribution in [0, 0.1) is 5.41 Å². The Labute approximate surface area is 97.4 Å². The lowest BCUT2D eigenvalue weighted by Crippen LogP contribution is -2.33.